The van der Waals surface area contributed by atoms with Crippen molar-refractivity contribution in [2.45, 2.75) is 45.0 Å². The van der Waals surface area contributed by atoms with E-state index in [1.54, 1.807) is 57.3 Å². The molecule has 1 amide bonds. The third-order valence-corrected chi connectivity index (χ3v) is 7.76. The maximum Gasteiger partial charge on any atom is 0.414 e. The van der Waals surface area contributed by atoms with Crippen LogP contribution in [0.25, 0.3) is 22.2 Å². The van der Waals surface area contributed by atoms with Crippen LogP contribution >= 0.6 is 0 Å². The van der Waals surface area contributed by atoms with Crippen molar-refractivity contribution in [2.24, 2.45) is 7.05 Å². The van der Waals surface area contributed by atoms with Crippen LogP contribution in [0, 0.1) is 0 Å². The molecule has 1 atom stereocenters. The van der Waals surface area contributed by atoms with Gasteiger partial charge in [-0.3, -0.25) is 9.69 Å². The first-order chi connectivity index (χ1) is 20.7. The van der Waals surface area contributed by atoms with Crippen molar-refractivity contribution in [3.05, 3.63) is 75.2 Å². The number of pyridine rings is 1. The maximum atomic E-state index is 13.9. The second-order valence-electron chi connectivity index (χ2n) is 11.8. The second-order valence-corrected chi connectivity index (χ2v) is 11.8. The molecule has 3 heterocycles. The number of nitrogens with zero attached hydrogens (tertiary/aromatic N) is 2. The zero-order valence-electron chi connectivity index (χ0n) is 25.3. The van der Waals surface area contributed by atoms with E-state index in [4.69, 9.17) is 14.2 Å². The van der Waals surface area contributed by atoms with Crippen LogP contribution in [0.15, 0.2) is 47.4 Å². The molecule has 1 aliphatic heterocycles. The summed E-state index contributed by atoms with van der Waals surface area (Å²) in [5.41, 5.74) is -2.77. The third kappa shape index (κ3) is 5.16. The maximum absolute atomic E-state index is 13.9. The zero-order valence-corrected chi connectivity index (χ0v) is 25.3. The highest BCUT2D eigenvalue weighted by Crippen LogP contribution is 2.47. The number of aromatic amines is 1. The average Bonchev–Trinajstić information content (AvgIpc) is 3.39. The number of carbonyl (C=O) groups is 2. The summed E-state index contributed by atoms with van der Waals surface area (Å²) in [4.78, 5) is 44.4. The van der Waals surface area contributed by atoms with Crippen molar-refractivity contribution in [3.63, 3.8) is 0 Å². The first-order valence-corrected chi connectivity index (χ1v) is 13.9. The lowest BCUT2D eigenvalue weighted by Gasteiger charge is -2.36. The van der Waals surface area contributed by atoms with Gasteiger partial charge in [0.05, 0.1) is 38.8 Å². The molecule has 2 aromatic heterocycles. The number of benzene rings is 2. The molecule has 44 heavy (non-hydrogen) atoms. The van der Waals surface area contributed by atoms with Gasteiger partial charge in [-0.05, 0) is 50.6 Å². The van der Waals surface area contributed by atoms with E-state index < -0.39 is 47.5 Å². The number of methoxy groups -OCH3 is 2. The summed E-state index contributed by atoms with van der Waals surface area (Å²) >= 11 is 0. The number of aliphatic hydroxyl groups is 2. The molecule has 1 aliphatic rings. The molecule has 12 heteroatoms. The summed E-state index contributed by atoms with van der Waals surface area (Å²) in [7, 11) is 4.36. The molecule has 0 aliphatic carbocycles. The smallest absolute Gasteiger partial charge is 0.414 e. The Balaban J connectivity index is 1.91. The number of fused-ring (bicyclic) bond motifs is 4. The zero-order chi connectivity index (χ0) is 32.1. The Hall–Kier alpha value is -4.81. The molecule has 0 saturated heterocycles. The highest BCUT2D eigenvalue weighted by molar-refractivity contribution is 6.02. The molecular formula is C32H35N3O9. The van der Waals surface area contributed by atoms with Gasteiger partial charge in [-0.1, -0.05) is 6.07 Å². The Bertz CT molecular complexity index is 1850. The number of β-amino-alcohol motifs (C(OH)–C–C–N with tert-alkyl or cyclic N) is 1. The number of H-pyrrole nitrogens is 1. The van der Waals surface area contributed by atoms with Crippen LogP contribution < -0.4 is 19.9 Å². The molecule has 5 rings (SSSR count). The number of aliphatic hydroxyl groups excluding tert-OH is 1. The molecule has 0 bridgehead atoms. The number of rotatable bonds is 6. The summed E-state index contributed by atoms with van der Waals surface area (Å²) in [6.07, 6.45) is 0.745. The monoisotopic (exact) mass is 605 g/mol. The molecule has 0 fully saturated rings. The van der Waals surface area contributed by atoms with E-state index in [1.807, 2.05) is 6.07 Å². The minimum absolute atomic E-state index is 0.000402. The van der Waals surface area contributed by atoms with E-state index in [9.17, 15) is 29.7 Å². The molecule has 0 spiro atoms. The van der Waals surface area contributed by atoms with Crippen molar-refractivity contribution < 1.29 is 39.1 Å². The van der Waals surface area contributed by atoms with Crippen molar-refractivity contribution in [3.8, 4) is 22.8 Å². The van der Waals surface area contributed by atoms with Crippen LogP contribution in [-0.2, 0) is 30.4 Å². The summed E-state index contributed by atoms with van der Waals surface area (Å²) in [6.45, 7) is 3.86. The summed E-state index contributed by atoms with van der Waals surface area (Å²) in [5, 5.41) is 34.3. The minimum Gasteiger partial charge on any atom is -0.497 e. The first-order valence-electron chi connectivity index (χ1n) is 13.9. The predicted octanol–water partition coefficient (Wildman–Crippen LogP) is 3.93. The average molecular weight is 606 g/mol. The van der Waals surface area contributed by atoms with Crippen LogP contribution in [0.4, 0.5) is 10.5 Å². The summed E-state index contributed by atoms with van der Waals surface area (Å²) < 4.78 is 17.9. The minimum atomic E-state index is -2.07. The fourth-order valence-electron chi connectivity index (χ4n) is 5.89. The van der Waals surface area contributed by atoms with Crippen molar-refractivity contribution >= 4 is 28.7 Å². The van der Waals surface area contributed by atoms with Crippen LogP contribution in [0.2, 0.25) is 0 Å². The Labute approximate surface area is 253 Å². The number of hydrogen-bond acceptors (Lipinski definition) is 8. The molecule has 12 nitrogen and oxygen atoms in total. The number of carbonyl (C=O) groups excluding carboxylic acids is 1. The number of nitrogens with one attached hydrogen (secondary N) is 1. The number of hydrogen-bond donors (Lipinski definition) is 4. The molecule has 1 unspecified atom stereocenters. The van der Waals surface area contributed by atoms with E-state index in [0.717, 1.165) is 9.95 Å². The number of ether oxygens (including phenoxy) is 3. The lowest BCUT2D eigenvalue weighted by Crippen LogP contribution is -2.47. The van der Waals surface area contributed by atoms with Gasteiger partial charge >= 0.3 is 12.1 Å². The Morgan fingerprint density at radius 2 is 1.82 bits per heavy atom. The van der Waals surface area contributed by atoms with E-state index >= 15 is 0 Å². The van der Waals surface area contributed by atoms with Gasteiger partial charge in [-0.2, -0.15) is 0 Å². The quantitative estimate of drug-likeness (QED) is 0.255. The Morgan fingerprint density at radius 3 is 2.43 bits per heavy atom. The van der Waals surface area contributed by atoms with Crippen LogP contribution in [0.5, 0.6) is 11.5 Å². The fourth-order valence-corrected chi connectivity index (χ4v) is 5.89. The van der Waals surface area contributed by atoms with Gasteiger partial charge in [-0.15, -0.1) is 0 Å². The summed E-state index contributed by atoms with van der Waals surface area (Å²) in [6, 6.07) is 10.3. The second kappa shape index (κ2) is 11.0. The predicted molar refractivity (Wildman–Crippen MR) is 163 cm³/mol. The number of aromatic nitrogens is 2. The molecule has 0 radical (unpaired) electrons. The van der Waals surface area contributed by atoms with Crippen molar-refractivity contribution in [1.82, 2.24) is 9.55 Å². The molecule has 2 aromatic carbocycles. The number of aromatic carboxylic acids is 1. The van der Waals surface area contributed by atoms with Crippen LogP contribution in [0.1, 0.15) is 47.8 Å². The van der Waals surface area contributed by atoms with Gasteiger partial charge in [0.25, 0.3) is 5.56 Å². The van der Waals surface area contributed by atoms with E-state index in [1.165, 1.54) is 26.2 Å². The Kier molecular flexibility index (Phi) is 7.68. The molecule has 4 aromatic rings. The van der Waals surface area contributed by atoms with Gasteiger partial charge < -0.3 is 39.1 Å². The summed E-state index contributed by atoms with van der Waals surface area (Å²) in [5.74, 6) is -0.688. The Morgan fingerprint density at radius 1 is 1.09 bits per heavy atom. The molecule has 4 N–H and O–H groups in total. The normalized spacial score (nSPS) is 16.2. The van der Waals surface area contributed by atoms with Crippen molar-refractivity contribution in [2.75, 3.05) is 25.7 Å². The van der Waals surface area contributed by atoms with Crippen LogP contribution in [0.3, 0.4) is 0 Å². The van der Waals surface area contributed by atoms with E-state index in [2.05, 4.69) is 4.98 Å². The number of anilines is 1. The molecule has 232 valence electrons. The van der Waals surface area contributed by atoms with Gasteiger partial charge in [0.15, 0.2) is 0 Å². The molecular weight excluding hydrogens is 570 g/mol. The largest absolute Gasteiger partial charge is 0.497 e. The highest BCUT2D eigenvalue weighted by atomic mass is 16.6. The fraction of sp³-hybridized carbons (Fsp3) is 0.344. The lowest BCUT2D eigenvalue weighted by atomic mass is 9.81. The number of amides is 1. The number of carboxylic acid groups (broad SMARTS) is 1. The van der Waals surface area contributed by atoms with Gasteiger partial charge in [0, 0.05) is 53.3 Å². The van der Waals surface area contributed by atoms with Gasteiger partial charge in [0.2, 0.25) is 0 Å². The third-order valence-electron chi connectivity index (χ3n) is 7.76. The lowest BCUT2D eigenvalue weighted by molar-refractivity contribution is 0.0297. The van der Waals surface area contributed by atoms with Crippen LogP contribution in [-0.4, -0.2) is 63.3 Å². The SMILES string of the molecule is COc1ccc(CC2(O)CN(C(=O)OC(C)(C)C)c3cc4[nH]ccc4cc3-c3c2c(CO)c(C(=O)O)c(=O)n3C)c(OC)c1. The standard InChI is InChI=1S/C32H35N3O9/c1-31(2,3)44-30(40)35-16-32(41,14-18-7-8-19(42-5)12-24(18)43-6)26-21(15-36)25(29(38)39)28(37)34(4)27(26)20-11-17-9-10-33-22(17)13-23(20)35/h7-13,33,36,41H,14-16H2,1-6H3,(H,38,39). The van der Waals surface area contributed by atoms with Crippen molar-refractivity contribution in [1.29, 1.82) is 0 Å². The highest BCUT2D eigenvalue weighted by Gasteiger charge is 2.46. The molecule has 0 saturated carbocycles. The van der Waals surface area contributed by atoms with E-state index in [0.29, 0.717) is 33.8 Å². The van der Waals surface area contributed by atoms with E-state index in [-0.39, 0.29) is 23.2 Å². The number of carboxylic acids is 1. The van der Waals surface area contributed by atoms with Gasteiger partial charge in [0.1, 0.15) is 28.3 Å². The van der Waals surface area contributed by atoms with Gasteiger partial charge in [-0.25, -0.2) is 9.59 Å². The topological polar surface area (TPSA) is 164 Å². The first kappa shape index (κ1) is 30.6.